The van der Waals surface area contributed by atoms with Crippen molar-refractivity contribution in [1.29, 1.82) is 5.41 Å². The number of nitrogens with one attached hydrogen (secondary N) is 2. The molecule has 0 unspecified atom stereocenters. The number of carbonyl (C=O) groups excluding carboxylic acids is 1. The van der Waals surface area contributed by atoms with Crippen LogP contribution in [0.15, 0.2) is 5.10 Å². The maximum absolute atomic E-state index is 10.3. The van der Waals surface area contributed by atoms with E-state index in [9.17, 15) is 4.79 Å². The molecule has 0 aromatic carbocycles. The molecule has 5 nitrogen and oxygen atoms in total. The normalized spacial score (nSPS) is 16.9. The van der Waals surface area contributed by atoms with Gasteiger partial charge in [0.25, 0.3) is 5.91 Å². The number of nitrogens with zero attached hydrogens (tertiary/aromatic N) is 1. The van der Waals surface area contributed by atoms with Gasteiger partial charge in [0.05, 0.1) is 12.3 Å². The third kappa shape index (κ3) is 0.883. The quantitative estimate of drug-likeness (QED) is 0.397. The highest BCUT2D eigenvalue weighted by Crippen LogP contribution is 1.86. The van der Waals surface area contributed by atoms with Gasteiger partial charge in [-0.25, -0.2) is 0 Å². The van der Waals surface area contributed by atoms with E-state index in [0.717, 1.165) is 0 Å². The molecule has 1 aliphatic rings. The van der Waals surface area contributed by atoms with Gasteiger partial charge in [-0.2, -0.15) is 5.10 Å². The van der Waals surface area contributed by atoms with E-state index in [4.69, 9.17) is 11.1 Å². The van der Waals surface area contributed by atoms with Crippen LogP contribution < -0.4 is 11.2 Å². The van der Waals surface area contributed by atoms with Gasteiger partial charge >= 0.3 is 0 Å². The Morgan fingerprint density at radius 2 is 2.56 bits per heavy atom. The van der Waals surface area contributed by atoms with Crippen LogP contribution in [0.1, 0.15) is 0 Å². The molecule has 48 valence electrons. The Hall–Kier alpha value is -1.39. The third-order valence-corrected chi connectivity index (χ3v) is 0.966. The van der Waals surface area contributed by atoms with Gasteiger partial charge in [0.2, 0.25) is 0 Å². The summed E-state index contributed by atoms with van der Waals surface area (Å²) in [7, 11) is 0. The first-order chi connectivity index (χ1) is 4.22. The van der Waals surface area contributed by atoms with Gasteiger partial charge < -0.3 is 16.6 Å². The van der Waals surface area contributed by atoms with Gasteiger partial charge in [0.1, 0.15) is 0 Å². The number of primary amides is 1. The Morgan fingerprint density at radius 1 is 1.89 bits per heavy atom. The fraction of sp³-hybridized carbons (Fsp3) is 0.250. The zero-order valence-corrected chi connectivity index (χ0v) is 4.64. The Kier molecular flexibility index (Phi) is 1.18. The van der Waals surface area contributed by atoms with E-state index in [0.29, 0.717) is 6.54 Å². The van der Waals surface area contributed by atoms with Gasteiger partial charge in [0.15, 0.2) is 5.71 Å². The summed E-state index contributed by atoms with van der Waals surface area (Å²) < 4.78 is 0. The summed E-state index contributed by atoms with van der Waals surface area (Å²) in [6, 6.07) is 0. The molecule has 0 bridgehead atoms. The van der Waals surface area contributed by atoms with Crippen molar-refractivity contribution in [2.75, 3.05) is 6.54 Å². The van der Waals surface area contributed by atoms with Crippen molar-refractivity contribution in [1.82, 2.24) is 5.43 Å². The van der Waals surface area contributed by atoms with Gasteiger partial charge in [-0.05, 0) is 0 Å². The molecule has 0 saturated heterocycles. The average Bonchev–Trinajstić information content (AvgIpc) is 2.13. The molecule has 1 heterocycles. The van der Waals surface area contributed by atoms with E-state index in [1.807, 2.05) is 0 Å². The van der Waals surface area contributed by atoms with E-state index < -0.39 is 5.91 Å². The van der Waals surface area contributed by atoms with Crippen LogP contribution in [0.25, 0.3) is 0 Å². The zero-order chi connectivity index (χ0) is 6.85. The van der Waals surface area contributed by atoms with Crippen molar-refractivity contribution >= 4 is 17.3 Å². The monoisotopic (exact) mass is 126 g/mol. The lowest BCUT2D eigenvalue weighted by atomic mass is 10.2. The first-order valence-corrected chi connectivity index (χ1v) is 2.40. The first kappa shape index (κ1) is 5.74. The molecule has 0 aromatic rings. The number of hydrazone groups is 1. The van der Waals surface area contributed by atoms with Gasteiger partial charge in [0, 0.05) is 0 Å². The number of nitrogens with two attached hydrogens (primary N) is 1. The smallest absolute Gasteiger partial charge is 0.271 e. The highest BCUT2D eigenvalue weighted by Gasteiger charge is 2.17. The molecule has 0 aromatic heterocycles. The molecular formula is C4H6N4O. The molecule has 4 N–H and O–H groups in total. The van der Waals surface area contributed by atoms with Crippen LogP contribution in [-0.2, 0) is 4.79 Å². The minimum Gasteiger partial charge on any atom is -0.364 e. The van der Waals surface area contributed by atoms with Crippen LogP contribution in [0.2, 0.25) is 0 Å². The number of carbonyl (C=O) groups is 1. The molecule has 1 aliphatic heterocycles. The maximum atomic E-state index is 10.3. The molecule has 1 amide bonds. The van der Waals surface area contributed by atoms with Crippen molar-refractivity contribution in [3.05, 3.63) is 0 Å². The third-order valence-electron chi connectivity index (χ3n) is 0.966. The van der Waals surface area contributed by atoms with E-state index in [-0.39, 0.29) is 11.4 Å². The second-order valence-corrected chi connectivity index (χ2v) is 1.64. The SMILES string of the molecule is N=C1CNN=C1C(N)=O. The van der Waals surface area contributed by atoms with Gasteiger partial charge in [-0.3, -0.25) is 4.79 Å². The number of hydrogen-bond acceptors (Lipinski definition) is 4. The predicted molar refractivity (Wildman–Crippen MR) is 32.4 cm³/mol. The van der Waals surface area contributed by atoms with Crippen LogP contribution >= 0.6 is 0 Å². The highest BCUT2D eigenvalue weighted by molar-refractivity contribution is 6.67. The Labute approximate surface area is 51.4 Å². The van der Waals surface area contributed by atoms with Crippen molar-refractivity contribution in [2.45, 2.75) is 0 Å². The van der Waals surface area contributed by atoms with E-state index in [1.165, 1.54) is 0 Å². The molecule has 0 fully saturated rings. The summed E-state index contributed by atoms with van der Waals surface area (Å²) in [6.07, 6.45) is 0. The summed E-state index contributed by atoms with van der Waals surface area (Å²) in [6.45, 7) is 0.304. The fourth-order valence-electron chi connectivity index (χ4n) is 0.553. The fourth-order valence-corrected chi connectivity index (χ4v) is 0.553. The molecule has 1 rings (SSSR count). The second-order valence-electron chi connectivity index (χ2n) is 1.64. The number of rotatable bonds is 1. The van der Waals surface area contributed by atoms with Crippen molar-refractivity contribution in [3.63, 3.8) is 0 Å². The van der Waals surface area contributed by atoms with Crippen molar-refractivity contribution < 1.29 is 4.79 Å². The van der Waals surface area contributed by atoms with Gasteiger partial charge in [-0.1, -0.05) is 0 Å². The lowest BCUT2D eigenvalue weighted by Crippen LogP contribution is -2.28. The summed E-state index contributed by atoms with van der Waals surface area (Å²) >= 11 is 0. The predicted octanol–water partition coefficient (Wildman–Crippen LogP) is -1.55. The Morgan fingerprint density at radius 3 is 2.78 bits per heavy atom. The van der Waals surface area contributed by atoms with Crippen molar-refractivity contribution in [2.24, 2.45) is 10.8 Å². The van der Waals surface area contributed by atoms with E-state index in [2.05, 4.69) is 10.5 Å². The molecule has 0 spiro atoms. The van der Waals surface area contributed by atoms with Crippen molar-refractivity contribution in [3.8, 4) is 0 Å². The number of amides is 1. The lowest BCUT2D eigenvalue weighted by molar-refractivity contribution is -0.111. The Bertz CT molecular complexity index is 195. The topological polar surface area (TPSA) is 91.3 Å². The molecule has 5 heteroatoms. The number of hydrogen-bond donors (Lipinski definition) is 3. The second kappa shape index (κ2) is 1.85. The summed E-state index contributed by atoms with van der Waals surface area (Å²) in [4.78, 5) is 10.3. The molecule has 0 saturated carbocycles. The van der Waals surface area contributed by atoms with E-state index in [1.54, 1.807) is 0 Å². The minimum absolute atomic E-state index is 0.0370. The van der Waals surface area contributed by atoms with Crippen LogP contribution in [0.4, 0.5) is 0 Å². The van der Waals surface area contributed by atoms with E-state index >= 15 is 0 Å². The van der Waals surface area contributed by atoms with Crippen LogP contribution in [-0.4, -0.2) is 23.9 Å². The summed E-state index contributed by atoms with van der Waals surface area (Å²) in [5.41, 5.74) is 7.50. The van der Waals surface area contributed by atoms with Gasteiger partial charge in [-0.15, -0.1) is 0 Å². The molecule has 0 radical (unpaired) electrons. The minimum atomic E-state index is -0.648. The zero-order valence-electron chi connectivity index (χ0n) is 4.64. The summed E-state index contributed by atoms with van der Waals surface area (Å²) in [5, 5.41) is 10.5. The largest absolute Gasteiger partial charge is 0.364 e. The van der Waals surface area contributed by atoms with Crippen LogP contribution in [0, 0.1) is 5.41 Å². The standard InChI is InChI=1S/C4H6N4O/c5-2-1-7-8-3(2)4(6)9/h5,7H,1H2,(H2,6,9). The average molecular weight is 126 g/mol. The molecule has 0 aliphatic carbocycles. The maximum Gasteiger partial charge on any atom is 0.271 e. The summed E-state index contributed by atoms with van der Waals surface area (Å²) in [5.74, 6) is -0.648. The molecule has 9 heavy (non-hydrogen) atoms. The molecule has 0 atom stereocenters. The Balaban J connectivity index is 2.80. The van der Waals surface area contributed by atoms with Crippen LogP contribution in [0.3, 0.4) is 0 Å². The lowest BCUT2D eigenvalue weighted by Gasteiger charge is -1.87. The first-order valence-electron chi connectivity index (χ1n) is 2.40. The van der Waals surface area contributed by atoms with Crippen LogP contribution in [0.5, 0.6) is 0 Å². The highest BCUT2D eigenvalue weighted by atomic mass is 16.1. The molecular weight excluding hydrogens is 120 g/mol.